The number of primary amides is 1. The fraction of sp³-hybridized carbons (Fsp3) is 0.360. The van der Waals surface area contributed by atoms with Crippen LogP contribution >= 0.6 is 11.6 Å². The Morgan fingerprint density at radius 1 is 1.17 bits per heavy atom. The number of aromatic nitrogens is 2. The molecule has 3 amide bonds. The van der Waals surface area contributed by atoms with Crippen LogP contribution in [0.25, 0.3) is 10.9 Å². The van der Waals surface area contributed by atoms with Crippen molar-refractivity contribution in [3.05, 3.63) is 62.9 Å². The predicted molar refractivity (Wildman–Crippen MR) is 138 cm³/mol. The van der Waals surface area contributed by atoms with Crippen molar-refractivity contribution in [3.63, 3.8) is 0 Å². The molecule has 0 aliphatic rings. The van der Waals surface area contributed by atoms with Gasteiger partial charge in [-0.3, -0.25) is 19.5 Å². The number of hydrogen-bond acceptors (Lipinski definition) is 5. The third kappa shape index (κ3) is 6.88. The number of aryl methyl sites for hydroxylation is 1. The van der Waals surface area contributed by atoms with Crippen LogP contribution in [-0.2, 0) is 20.9 Å². The average Bonchev–Trinajstić information content (AvgIpc) is 3.09. The van der Waals surface area contributed by atoms with E-state index in [0.29, 0.717) is 21.6 Å². The second-order valence-electron chi connectivity index (χ2n) is 9.48. The fourth-order valence-corrected chi connectivity index (χ4v) is 3.76. The summed E-state index contributed by atoms with van der Waals surface area (Å²) in [7, 11) is 0. The zero-order valence-corrected chi connectivity index (χ0v) is 21.4. The highest BCUT2D eigenvalue weighted by Crippen LogP contribution is 2.20. The number of amides is 3. The van der Waals surface area contributed by atoms with Crippen LogP contribution in [0.3, 0.4) is 0 Å². The van der Waals surface area contributed by atoms with Gasteiger partial charge in [0.05, 0.1) is 10.9 Å². The minimum Gasteiger partial charge on any atom is -0.460 e. The Labute approximate surface area is 213 Å². The quantitative estimate of drug-likeness (QED) is 0.337. The number of ether oxygens (including phenoxy) is 1. The van der Waals surface area contributed by atoms with Crippen LogP contribution in [0.4, 0.5) is 10.5 Å². The number of anilines is 1. The van der Waals surface area contributed by atoms with Gasteiger partial charge in [0.25, 0.3) is 5.56 Å². The van der Waals surface area contributed by atoms with E-state index in [0.717, 1.165) is 15.8 Å². The molecule has 3 rings (SSSR count). The standard InChI is InChI=1S/C25H30ClN5O5/c1-14-5-7-16(12-18(14)26)29-24(35)28-13-15-6-8-17-19(11-15)30-31(23(17)34)20(22(27)33)9-10-21(32)36-25(2,3)4/h5-8,11-12,20,30H,9-10,13H2,1-4H3,(H2,27,33)(H2,28,29,35)/t20-/m0/s1. The molecule has 3 aromatic rings. The highest BCUT2D eigenvalue weighted by molar-refractivity contribution is 6.31. The molecule has 1 atom stereocenters. The summed E-state index contributed by atoms with van der Waals surface area (Å²) in [5.41, 5.74) is 7.08. The maximum atomic E-state index is 12.9. The molecule has 5 N–H and O–H groups in total. The molecular weight excluding hydrogens is 486 g/mol. The van der Waals surface area contributed by atoms with Crippen molar-refractivity contribution in [1.29, 1.82) is 0 Å². The van der Waals surface area contributed by atoms with Crippen molar-refractivity contribution < 1.29 is 19.1 Å². The van der Waals surface area contributed by atoms with E-state index in [1.165, 1.54) is 0 Å². The molecule has 0 bridgehead atoms. The zero-order valence-electron chi connectivity index (χ0n) is 20.6. The number of H-pyrrole nitrogens is 1. The van der Waals surface area contributed by atoms with Crippen LogP contribution in [0.2, 0.25) is 5.02 Å². The van der Waals surface area contributed by atoms with Gasteiger partial charge in [0.2, 0.25) is 5.91 Å². The van der Waals surface area contributed by atoms with Crippen LogP contribution in [0.15, 0.2) is 41.2 Å². The number of halogens is 1. The highest BCUT2D eigenvalue weighted by atomic mass is 35.5. The van der Waals surface area contributed by atoms with E-state index >= 15 is 0 Å². The second-order valence-corrected chi connectivity index (χ2v) is 9.89. The molecule has 2 aromatic carbocycles. The van der Waals surface area contributed by atoms with Crippen molar-refractivity contribution in [2.45, 2.75) is 58.7 Å². The van der Waals surface area contributed by atoms with Gasteiger partial charge in [-0.1, -0.05) is 23.7 Å². The number of esters is 1. The van der Waals surface area contributed by atoms with Gasteiger partial charge in [-0.05, 0) is 69.5 Å². The summed E-state index contributed by atoms with van der Waals surface area (Å²) in [5, 5.41) is 9.25. The van der Waals surface area contributed by atoms with E-state index in [-0.39, 0.29) is 19.4 Å². The topological polar surface area (TPSA) is 148 Å². The highest BCUT2D eigenvalue weighted by Gasteiger charge is 2.24. The Hall–Kier alpha value is -3.79. The molecule has 0 spiro atoms. The predicted octanol–water partition coefficient (Wildman–Crippen LogP) is 3.76. The molecule has 0 saturated carbocycles. The Morgan fingerprint density at radius 3 is 2.53 bits per heavy atom. The molecule has 10 nitrogen and oxygen atoms in total. The van der Waals surface area contributed by atoms with Crippen LogP contribution < -0.4 is 21.9 Å². The maximum Gasteiger partial charge on any atom is 0.319 e. The number of fused-ring (bicyclic) bond motifs is 1. The number of nitrogens with two attached hydrogens (primary N) is 1. The van der Waals surface area contributed by atoms with Crippen LogP contribution in [0.1, 0.15) is 50.8 Å². The average molecular weight is 516 g/mol. The molecular formula is C25H30ClN5O5. The number of aromatic amines is 1. The van der Waals surface area contributed by atoms with Gasteiger partial charge in [0, 0.05) is 23.7 Å². The molecule has 0 unspecified atom stereocenters. The van der Waals surface area contributed by atoms with Gasteiger partial charge in [0.15, 0.2) is 0 Å². The lowest BCUT2D eigenvalue weighted by atomic mass is 10.1. The van der Waals surface area contributed by atoms with Crippen LogP contribution in [-0.4, -0.2) is 33.3 Å². The van der Waals surface area contributed by atoms with Gasteiger partial charge in [-0.2, -0.15) is 0 Å². The van der Waals surface area contributed by atoms with E-state index in [4.69, 9.17) is 22.1 Å². The third-order valence-electron chi connectivity index (χ3n) is 5.34. The summed E-state index contributed by atoms with van der Waals surface area (Å²) in [6, 6.07) is 8.74. The van der Waals surface area contributed by atoms with Crippen molar-refractivity contribution in [3.8, 4) is 0 Å². The lowest BCUT2D eigenvalue weighted by Gasteiger charge is -2.20. The molecule has 11 heteroatoms. The number of urea groups is 1. The van der Waals surface area contributed by atoms with E-state index < -0.39 is 35.1 Å². The summed E-state index contributed by atoms with van der Waals surface area (Å²) in [4.78, 5) is 49.3. The number of carbonyl (C=O) groups excluding carboxylic acids is 3. The van der Waals surface area contributed by atoms with Crippen molar-refractivity contribution >= 4 is 46.1 Å². The number of rotatable bonds is 8. The van der Waals surface area contributed by atoms with E-state index in [1.54, 1.807) is 57.2 Å². The van der Waals surface area contributed by atoms with Gasteiger partial charge < -0.3 is 21.1 Å². The fourth-order valence-electron chi connectivity index (χ4n) is 3.58. The van der Waals surface area contributed by atoms with E-state index in [2.05, 4.69) is 15.7 Å². The van der Waals surface area contributed by atoms with Gasteiger partial charge in [-0.25, -0.2) is 9.48 Å². The lowest BCUT2D eigenvalue weighted by Crippen LogP contribution is -2.34. The second kappa shape index (κ2) is 10.9. The minimum absolute atomic E-state index is 0.00852. The number of hydrogen-bond donors (Lipinski definition) is 4. The number of nitrogens with zero attached hydrogens (tertiary/aromatic N) is 1. The molecule has 0 aliphatic carbocycles. The molecule has 192 valence electrons. The summed E-state index contributed by atoms with van der Waals surface area (Å²) >= 11 is 6.09. The molecule has 1 aromatic heterocycles. The van der Waals surface area contributed by atoms with Crippen molar-refractivity contribution in [2.75, 3.05) is 5.32 Å². The Bertz CT molecular complexity index is 1360. The monoisotopic (exact) mass is 515 g/mol. The number of carbonyl (C=O) groups is 3. The van der Waals surface area contributed by atoms with Gasteiger partial charge >= 0.3 is 12.0 Å². The van der Waals surface area contributed by atoms with Crippen LogP contribution in [0, 0.1) is 6.92 Å². The molecule has 0 radical (unpaired) electrons. The summed E-state index contributed by atoms with van der Waals surface area (Å²) < 4.78 is 6.40. The minimum atomic E-state index is -1.05. The first kappa shape index (κ1) is 26.8. The van der Waals surface area contributed by atoms with Gasteiger partial charge in [0.1, 0.15) is 11.6 Å². The Kier molecular flexibility index (Phi) is 8.09. The molecule has 0 saturated heterocycles. The first-order valence-corrected chi connectivity index (χ1v) is 11.8. The lowest BCUT2D eigenvalue weighted by molar-refractivity contribution is -0.155. The van der Waals surface area contributed by atoms with Crippen molar-refractivity contribution in [1.82, 2.24) is 15.1 Å². The molecule has 0 fully saturated rings. The van der Waals surface area contributed by atoms with E-state index in [9.17, 15) is 19.2 Å². The maximum absolute atomic E-state index is 12.9. The summed E-state index contributed by atoms with van der Waals surface area (Å²) in [6.45, 7) is 7.28. The largest absolute Gasteiger partial charge is 0.460 e. The van der Waals surface area contributed by atoms with Crippen molar-refractivity contribution in [2.24, 2.45) is 5.73 Å². The first-order valence-electron chi connectivity index (χ1n) is 11.4. The van der Waals surface area contributed by atoms with Gasteiger partial charge in [-0.15, -0.1) is 0 Å². The van der Waals surface area contributed by atoms with E-state index in [1.807, 2.05) is 6.92 Å². The normalized spacial score (nSPS) is 12.2. The molecule has 1 heterocycles. The Balaban J connectivity index is 1.70. The molecule has 36 heavy (non-hydrogen) atoms. The number of nitrogens with one attached hydrogen (secondary N) is 3. The SMILES string of the molecule is Cc1ccc(NC(=O)NCc2ccc3c(=O)n([C@@H](CCC(=O)OC(C)(C)C)C(N)=O)[nH]c3c2)cc1Cl. The summed E-state index contributed by atoms with van der Waals surface area (Å²) in [6.07, 6.45) is -0.0717. The smallest absolute Gasteiger partial charge is 0.319 e. The van der Waals surface area contributed by atoms with Crippen LogP contribution in [0.5, 0.6) is 0 Å². The third-order valence-corrected chi connectivity index (χ3v) is 5.75. The summed E-state index contributed by atoms with van der Waals surface area (Å²) in [5.74, 6) is -1.24. The number of benzene rings is 2. The Morgan fingerprint density at radius 2 is 1.89 bits per heavy atom. The molecule has 0 aliphatic heterocycles. The zero-order chi connectivity index (χ0) is 26.6. The first-order chi connectivity index (χ1) is 16.8.